The molecule has 2 fully saturated rings. The predicted octanol–water partition coefficient (Wildman–Crippen LogP) is 3.96. The maximum absolute atomic E-state index is 13.6. The first-order valence-corrected chi connectivity index (χ1v) is 11.4. The van der Waals surface area contributed by atoms with Crippen molar-refractivity contribution < 1.29 is 14.4 Å². The normalized spacial score (nSPS) is 25.6. The highest BCUT2D eigenvalue weighted by molar-refractivity contribution is 6.30. The monoisotopic (exact) mass is 449 g/mol. The summed E-state index contributed by atoms with van der Waals surface area (Å²) in [6.07, 6.45) is 5.59. The molecule has 0 aliphatic carbocycles. The van der Waals surface area contributed by atoms with Crippen LogP contribution in [0.3, 0.4) is 0 Å². The third kappa shape index (κ3) is 3.21. The van der Waals surface area contributed by atoms with Crippen molar-refractivity contribution in [2.45, 2.75) is 31.8 Å². The van der Waals surface area contributed by atoms with Gasteiger partial charge in [-0.1, -0.05) is 55.3 Å². The van der Waals surface area contributed by atoms with Crippen LogP contribution in [0, 0.1) is 11.8 Å². The molecular formula is C25H24ClN3O3. The minimum Gasteiger partial charge on any atom is -0.351 e. The van der Waals surface area contributed by atoms with Crippen molar-refractivity contribution in [3.63, 3.8) is 0 Å². The maximum Gasteiger partial charge on any atom is 0.247 e. The average Bonchev–Trinajstić information content (AvgIpc) is 3.27. The Morgan fingerprint density at radius 1 is 1.03 bits per heavy atom. The molecule has 6 nitrogen and oxygen atoms in total. The average molecular weight is 450 g/mol. The van der Waals surface area contributed by atoms with Gasteiger partial charge in [0.1, 0.15) is 6.04 Å². The molecule has 3 aliphatic rings. The van der Waals surface area contributed by atoms with Crippen LogP contribution in [0.4, 0.5) is 11.4 Å². The number of rotatable bonds is 5. The number of imide groups is 1. The van der Waals surface area contributed by atoms with Crippen LogP contribution in [0.2, 0.25) is 5.02 Å². The Labute approximate surface area is 191 Å². The molecule has 4 atom stereocenters. The van der Waals surface area contributed by atoms with Crippen LogP contribution in [0.1, 0.15) is 25.3 Å². The van der Waals surface area contributed by atoms with E-state index in [1.807, 2.05) is 48.2 Å². The molecule has 0 spiro atoms. The lowest BCUT2D eigenvalue weighted by molar-refractivity contribution is -0.141. The van der Waals surface area contributed by atoms with Crippen molar-refractivity contribution >= 4 is 46.8 Å². The first-order chi connectivity index (χ1) is 15.5. The van der Waals surface area contributed by atoms with Crippen molar-refractivity contribution in [1.29, 1.82) is 0 Å². The number of amides is 3. The van der Waals surface area contributed by atoms with Crippen LogP contribution < -0.4 is 10.2 Å². The summed E-state index contributed by atoms with van der Waals surface area (Å²) >= 11 is 5.97. The van der Waals surface area contributed by atoms with E-state index >= 15 is 0 Å². The SMILES string of the molecule is CCCCN1C(=O)[C@@H]2[C@@H](C1=O)[C@@H]1C=Cc3ccccc3N1[C@@H]2C(=O)Nc1ccc(Cl)cc1. The molecule has 2 aromatic rings. The zero-order chi connectivity index (χ0) is 22.4. The van der Waals surface area contributed by atoms with Gasteiger partial charge in [0.2, 0.25) is 17.7 Å². The largest absolute Gasteiger partial charge is 0.351 e. The fourth-order valence-corrected chi connectivity index (χ4v) is 5.29. The summed E-state index contributed by atoms with van der Waals surface area (Å²) < 4.78 is 0. The summed E-state index contributed by atoms with van der Waals surface area (Å²) in [4.78, 5) is 43.7. The Kier molecular flexibility index (Phi) is 5.25. The van der Waals surface area contributed by atoms with Crippen LogP contribution >= 0.6 is 11.6 Å². The molecule has 2 aromatic carbocycles. The lowest BCUT2D eigenvalue weighted by Gasteiger charge is -2.36. The van der Waals surface area contributed by atoms with Gasteiger partial charge in [-0.15, -0.1) is 0 Å². The highest BCUT2D eigenvalue weighted by Gasteiger charge is 2.63. The van der Waals surface area contributed by atoms with Gasteiger partial charge < -0.3 is 10.2 Å². The zero-order valence-electron chi connectivity index (χ0n) is 17.7. The van der Waals surface area contributed by atoms with Crippen LogP contribution in [0.15, 0.2) is 54.6 Å². The fourth-order valence-electron chi connectivity index (χ4n) is 5.16. The molecule has 3 aliphatic heterocycles. The lowest BCUT2D eigenvalue weighted by Crippen LogP contribution is -2.50. The molecule has 0 bridgehead atoms. The number of benzene rings is 2. The number of halogens is 1. The molecule has 7 heteroatoms. The molecule has 1 N–H and O–H groups in total. The van der Waals surface area contributed by atoms with Crippen LogP contribution in [0.5, 0.6) is 0 Å². The van der Waals surface area contributed by atoms with Crippen LogP contribution in [-0.2, 0) is 14.4 Å². The Bertz CT molecular complexity index is 1110. The number of nitrogens with one attached hydrogen (secondary N) is 1. The Morgan fingerprint density at radius 2 is 1.75 bits per heavy atom. The van der Waals surface area contributed by atoms with E-state index in [-0.39, 0.29) is 23.8 Å². The van der Waals surface area contributed by atoms with E-state index in [0.717, 1.165) is 24.1 Å². The van der Waals surface area contributed by atoms with E-state index in [4.69, 9.17) is 11.6 Å². The summed E-state index contributed by atoms with van der Waals surface area (Å²) in [6.45, 7) is 2.43. The van der Waals surface area contributed by atoms with Crippen LogP contribution in [-0.4, -0.2) is 41.2 Å². The van der Waals surface area contributed by atoms with Crippen molar-refractivity contribution in [3.05, 3.63) is 65.2 Å². The van der Waals surface area contributed by atoms with Gasteiger partial charge in [-0.05, 0) is 42.3 Å². The van der Waals surface area contributed by atoms with Crippen LogP contribution in [0.25, 0.3) is 6.08 Å². The number of likely N-dealkylation sites (tertiary alicyclic amines) is 1. The second-order valence-corrected chi connectivity index (χ2v) is 8.93. The lowest BCUT2D eigenvalue weighted by atomic mass is 9.88. The van der Waals surface area contributed by atoms with E-state index in [1.54, 1.807) is 24.3 Å². The highest BCUT2D eigenvalue weighted by Crippen LogP contribution is 2.48. The van der Waals surface area contributed by atoms with E-state index in [2.05, 4.69) is 5.32 Å². The molecule has 164 valence electrons. The van der Waals surface area contributed by atoms with Gasteiger partial charge in [0.05, 0.1) is 17.9 Å². The number of nitrogens with zero attached hydrogens (tertiary/aromatic N) is 2. The Morgan fingerprint density at radius 3 is 2.50 bits per heavy atom. The van der Waals surface area contributed by atoms with Crippen molar-refractivity contribution in [1.82, 2.24) is 4.90 Å². The molecule has 5 rings (SSSR count). The molecule has 0 unspecified atom stereocenters. The molecule has 0 saturated carbocycles. The number of para-hydroxylation sites is 1. The van der Waals surface area contributed by atoms with Gasteiger partial charge in [0.15, 0.2) is 0 Å². The molecule has 0 aromatic heterocycles. The van der Waals surface area contributed by atoms with Gasteiger partial charge in [-0.3, -0.25) is 19.3 Å². The first-order valence-electron chi connectivity index (χ1n) is 11.0. The molecule has 3 heterocycles. The minimum absolute atomic E-state index is 0.172. The Balaban J connectivity index is 1.55. The standard InChI is InChI=1S/C25H24ClN3O3/c1-2-3-14-28-24(31)20-19-13-8-15-6-4-5-7-18(15)29(19)22(21(20)25(28)32)23(30)27-17-11-9-16(26)10-12-17/h4-13,19-22H,2-3,14H2,1H3,(H,27,30)/t19-,20-,21+,22-/m0/s1. The van der Waals surface area contributed by atoms with E-state index in [9.17, 15) is 14.4 Å². The maximum atomic E-state index is 13.6. The molecule has 0 radical (unpaired) electrons. The third-order valence-electron chi connectivity index (χ3n) is 6.62. The van der Waals surface area contributed by atoms with Crippen molar-refractivity contribution in [3.8, 4) is 0 Å². The number of hydrogen-bond acceptors (Lipinski definition) is 4. The first kappa shape index (κ1) is 20.8. The highest BCUT2D eigenvalue weighted by atomic mass is 35.5. The Hall–Kier alpha value is -3.12. The summed E-state index contributed by atoms with van der Waals surface area (Å²) in [7, 11) is 0. The zero-order valence-corrected chi connectivity index (χ0v) is 18.5. The van der Waals surface area contributed by atoms with Gasteiger partial charge in [0, 0.05) is 22.9 Å². The number of anilines is 2. The summed E-state index contributed by atoms with van der Waals surface area (Å²) in [5.74, 6) is -2.00. The summed E-state index contributed by atoms with van der Waals surface area (Å²) in [5.41, 5.74) is 2.43. The van der Waals surface area contributed by atoms with E-state index in [0.29, 0.717) is 17.3 Å². The summed E-state index contributed by atoms with van der Waals surface area (Å²) in [5, 5.41) is 3.51. The number of unbranched alkanes of at least 4 members (excludes halogenated alkanes) is 1. The quantitative estimate of drug-likeness (QED) is 0.701. The second-order valence-electron chi connectivity index (χ2n) is 8.49. The molecule has 2 saturated heterocycles. The predicted molar refractivity (Wildman–Crippen MR) is 124 cm³/mol. The third-order valence-corrected chi connectivity index (χ3v) is 6.87. The number of carbonyl (C=O) groups excluding carboxylic acids is 3. The van der Waals surface area contributed by atoms with Crippen molar-refractivity contribution in [2.24, 2.45) is 11.8 Å². The van der Waals surface area contributed by atoms with Gasteiger partial charge in [-0.25, -0.2) is 0 Å². The topological polar surface area (TPSA) is 69.7 Å². The number of hydrogen-bond donors (Lipinski definition) is 1. The van der Waals surface area contributed by atoms with E-state index in [1.165, 1.54) is 4.90 Å². The number of fused-ring (bicyclic) bond motifs is 5. The smallest absolute Gasteiger partial charge is 0.247 e. The summed E-state index contributed by atoms with van der Waals surface area (Å²) in [6, 6.07) is 13.5. The van der Waals surface area contributed by atoms with Gasteiger partial charge >= 0.3 is 0 Å². The molecular weight excluding hydrogens is 426 g/mol. The minimum atomic E-state index is -0.783. The number of carbonyl (C=O) groups is 3. The van der Waals surface area contributed by atoms with Gasteiger partial charge in [0.25, 0.3) is 0 Å². The molecule has 3 amide bonds. The van der Waals surface area contributed by atoms with Gasteiger partial charge in [-0.2, -0.15) is 0 Å². The molecule has 32 heavy (non-hydrogen) atoms. The fraction of sp³-hybridized carbons (Fsp3) is 0.320. The van der Waals surface area contributed by atoms with E-state index < -0.39 is 17.9 Å². The van der Waals surface area contributed by atoms with Crippen molar-refractivity contribution in [2.75, 3.05) is 16.8 Å². The second kappa shape index (κ2) is 8.10.